The van der Waals surface area contributed by atoms with E-state index in [0.717, 1.165) is 30.3 Å². The van der Waals surface area contributed by atoms with Gasteiger partial charge in [0.2, 0.25) is 0 Å². The lowest BCUT2D eigenvalue weighted by atomic mass is 10.1. The smallest absolute Gasteiger partial charge is 0.0992 e. The Kier molecular flexibility index (Phi) is 4.84. The molecule has 0 heterocycles. The first-order valence-electron chi connectivity index (χ1n) is 6.05. The molecule has 1 aromatic carbocycles. The molecular formula is C14H21N3. The number of nitrogens with two attached hydrogens (primary N) is 1. The fraction of sp³-hybridized carbons (Fsp3) is 0.500. The number of rotatable bonds is 5. The van der Waals surface area contributed by atoms with Crippen molar-refractivity contribution in [3.05, 3.63) is 23.8 Å². The lowest BCUT2D eigenvalue weighted by molar-refractivity contribution is 0.556. The molecule has 0 aliphatic rings. The number of anilines is 2. The van der Waals surface area contributed by atoms with Crippen molar-refractivity contribution in [2.75, 3.05) is 24.2 Å². The van der Waals surface area contributed by atoms with Crippen LogP contribution < -0.4 is 10.6 Å². The molecule has 0 aliphatic carbocycles. The van der Waals surface area contributed by atoms with Crippen LogP contribution in [-0.4, -0.2) is 13.6 Å². The third-order valence-corrected chi connectivity index (χ3v) is 2.85. The second-order valence-corrected chi connectivity index (χ2v) is 4.84. The molecule has 1 aromatic rings. The Balaban J connectivity index is 2.68. The van der Waals surface area contributed by atoms with Gasteiger partial charge in [0.15, 0.2) is 0 Å². The van der Waals surface area contributed by atoms with Crippen molar-refractivity contribution in [3.63, 3.8) is 0 Å². The van der Waals surface area contributed by atoms with E-state index >= 15 is 0 Å². The minimum Gasteiger partial charge on any atom is -0.397 e. The minimum atomic E-state index is 0.657. The number of hydrogen-bond acceptors (Lipinski definition) is 3. The lowest BCUT2D eigenvalue weighted by Gasteiger charge is -2.21. The van der Waals surface area contributed by atoms with Crippen LogP contribution in [0.15, 0.2) is 18.2 Å². The summed E-state index contributed by atoms with van der Waals surface area (Å²) in [7, 11) is 2.02. The third kappa shape index (κ3) is 3.99. The number of benzene rings is 1. The first-order chi connectivity index (χ1) is 8.04. The average Bonchev–Trinajstić information content (AvgIpc) is 2.29. The molecule has 0 radical (unpaired) electrons. The standard InChI is InChI=1S/C14H21N3/c1-11(2)5-4-8-17(3)14-9-12(10-15)6-7-13(14)16/h6-7,9,11H,4-5,8,16H2,1-3H3. The SMILES string of the molecule is CC(C)CCCN(C)c1cc(C#N)ccc1N. The maximum atomic E-state index is 8.87. The van der Waals surface area contributed by atoms with Crippen molar-refractivity contribution in [2.24, 2.45) is 5.92 Å². The summed E-state index contributed by atoms with van der Waals surface area (Å²) in [5.74, 6) is 0.728. The van der Waals surface area contributed by atoms with Crippen molar-refractivity contribution in [1.82, 2.24) is 0 Å². The first kappa shape index (κ1) is 13.4. The van der Waals surface area contributed by atoms with Gasteiger partial charge in [0.25, 0.3) is 0 Å². The molecule has 0 amide bonds. The first-order valence-corrected chi connectivity index (χ1v) is 6.05. The van der Waals surface area contributed by atoms with Gasteiger partial charge in [0.05, 0.1) is 23.0 Å². The summed E-state index contributed by atoms with van der Waals surface area (Å²) in [6.45, 7) is 5.42. The van der Waals surface area contributed by atoms with Gasteiger partial charge in [-0.15, -0.1) is 0 Å². The molecule has 0 atom stereocenters. The summed E-state index contributed by atoms with van der Waals surface area (Å²) >= 11 is 0. The minimum absolute atomic E-state index is 0.657. The summed E-state index contributed by atoms with van der Waals surface area (Å²) in [4.78, 5) is 2.12. The zero-order valence-corrected chi connectivity index (χ0v) is 10.9. The summed E-state index contributed by atoms with van der Waals surface area (Å²) in [5, 5.41) is 8.87. The van der Waals surface area contributed by atoms with Crippen molar-refractivity contribution >= 4 is 11.4 Å². The van der Waals surface area contributed by atoms with Crippen LogP contribution in [0.25, 0.3) is 0 Å². The molecule has 0 saturated carbocycles. The molecule has 0 aliphatic heterocycles. The maximum absolute atomic E-state index is 8.87. The zero-order valence-electron chi connectivity index (χ0n) is 10.9. The summed E-state index contributed by atoms with van der Waals surface area (Å²) < 4.78 is 0. The van der Waals surface area contributed by atoms with E-state index in [-0.39, 0.29) is 0 Å². The highest BCUT2D eigenvalue weighted by Gasteiger charge is 2.06. The van der Waals surface area contributed by atoms with Crippen molar-refractivity contribution in [1.29, 1.82) is 5.26 Å². The van der Waals surface area contributed by atoms with Crippen LogP contribution in [0.5, 0.6) is 0 Å². The highest BCUT2D eigenvalue weighted by Crippen LogP contribution is 2.23. The number of nitrogen functional groups attached to an aromatic ring is 1. The second kappa shape index (κ2) is 6.15. The molecular weight excluding hydrogens is 210 g/mol. The van der Waals surface area contributed by atoms with Gasteiger partial charge in [-0.3, -0.25) is 0 Å². The molecule has 17 heavy (non-hydrogen) atoms. The van der Waals surface area contributed by atoms with E-state index in [4.69, 9.17) is 11.0 Å². The molecule has 0 aromatic heterocycles. The molecule has 0 fully saturated rings. The van der Waals surface area contributed by atoms with Gasteiger partial charge in [-0.1, -0.05) is 13.8 Å². The monoisotopic (exact) mass is 231 g/mol. The van der Waals surface area contributed by atoms with Gasteiger partial charge >= 0.3 is 0 Å². The second-order valence-electron chi connectivity index (χ2n) is 4.84. The molecule has 3 nitrogen and oxygen atoms in total. The zero-order chi connectivity index (χ0) is 12.8. The molecule has 92 valence electrons. The van der Waals surface area contributed by atoms with Crippen LogP contribution in [0, 0.1) is 17.2 Å². The molecule has 0 saturated heterocycles. The molecule has 0 bridgehead atoms. The Morgan fingerprint density at radius 1 is 1.41 bits per heavy atom. The quantitative estimate of drug-likeness (QED) is 0.792. The molecule has 0 spiro atoms. The third-order valence-electron chi connectivity index (χ3n) is 2.85. The molecule has 1 rings (SSSR count). The van der Waals surface area contributed by atoms with E-state index in [2.05, 4.69) is 24.8 Å². The Morgan fingerprint density at radius 3 is 2.71 bits per heavy atom. The summed E-state index contributed by atoms with van der Waals surface area (Å²) in [6, 6.07) is 7.54. The normalized spacial score (nSPS) is 10.3. The van der Waals surface area contributed by atoms with E-state index in [0.29, 0.717) is 5.56 Å². The van der Waals surface area contributed by atoms with E-state index in [1.807, 2.05) is 13.1 Å². The molecule has 0 unspecified atom stereocenters. The topological polar surface area (TPSA) is 53.0 Å². The summed E-state index contributed by atoms with van der Waals surface area (Å²) in [5.41, 5.74) is 8.27. The van der Waals surface area contributed by atoms with E-state index < -0.39 is 0 Å². The van der Waals surface area contributed by atoms with Gasteiger partial charge in [0.1, 0.15) is 0 Å². The highest BCUT2D eigenvalue weighted by molar-refractivity contribution is 5.69. The lowest BCUT2D eigenvalue weighted by Crippen LogP contribution is -2.20. The van der Waals surface area contributed by atoms with Gasteiger partial charge in [-0.05, 0) is 37.0 Å². The predicted octanol–water partition coefficient (Wildman–Crippen LogP) is 3.01. The molecule has 2 N–H and O–H groups in total. The van der Waals surface area contributed by atoms with Crippen LogP contribution in [0.3, 0.4) is 0 Å². The average molecular weight is 231 g/mol. The van der Waals surface area contributed by atoms with Crippen LogP contribution in [0.2, 0.25) is 0 Å². The van der Waals surface area contributed by atoms with Crippen LogP contribution >= 0.6 is 0 Å². The number of nitrogens with zero attached hydrogens (tertiary/aromatic N) is 2. The van der Waals surface area contributed by atoms with Gasteiger partial charge in [0, 0.05) is 13.6 Å². The largest absolute Gasteiger partial charge is 0.397 e. The Labute approximate surface area is 104 Å². The maximum Gasteiger partial charge on any atom is 0.0992 e. The van der Waals surface area contributed by atoms with E-state index in [1.165, 1.54) is 6.42 Å². The fourth-order valence-corrected chi connectivity index (χ4v) is 1.80. The fourth-order valence-electron chi connectivity index (χ4n) is 1.80. The number of nitriles is 1. The Bertz CT molecular complexity index is 404. The van der Waals surface area contributed by atoms with E-state index in [9.17, 15) is 0 Å². The van der Waals surface area contributed by atoms with Crippen LogP contribution in [-0.2, 0) is 0 Å². The van der Waals surface area contributed by atoms with Gasteiger partial charge in [-0.2, -0.15) is 5.26 Å². The molecule has 3 heteroatoms. The van der Waals surface area contributed by atoms with Gasteiger partial charge < -0.3 is 10.6 Å². The Hall–Kier alpha value is -1.69. The van der Waals surface area contributed by atoms with E-state index in [1.54, 1.807) is 12.1 Å². The van der Waals surface area contributed by atoms with Crippen molar-refractivity contribution in [2.45, 2.75) is 26.7 Å². The Morgan fingerprint density at radius 2 is 2.12 bits per heavy atom. The number of hydrogen-bond donors (Lipinski definition) is 1. The summed E-state index contributed by atoms with van der Waals surface area (Å²) in [6.07, 6.45) is 2.35. The van der Waals surface area contributed by atoms with Gasteiger partial charge in [-0.25, -0.2) is 0 Å². The van der Waals surface area contributed by atoms with Crippen molar-refractivity contribution < 1.29 is 0 Å². The van der Waals surface area contributed by atoms with Crippen molar-refractivity contribution in [3.8, 4) is 6.07 Å². The van der Waals surface area contributed by atoms with Crippen LogP contribution in [0.4, 0.5) is 11.4 Å². The highest BCUT2D eigenvalue weighted by atomic mass is 15.1. The van der Waals surface area contributed by atoms with Crippen LogP contribution in [0.1, 0.15) is 32.3 Å². The predicted molar refractivity (Wildman–Crippen MR) is 72.9 cm³/mol.